The molecule has 6 heteroatoms. The Morgan fingerprint density at radius 2 is 2.29 bits per heavy atom. The minimum atomic E-state index is -0.581. The van der Waals surface area contributed by atoms with Crippen LogP contribution < -0.4 is 5.32 Å². The lowest BCUT2D eigenvalue weighted by Gasteiger charge is -2.14. The Labute approximate surface area is 126 Å². The minimum absolute atomic E-state index is 0.248. The van der Waals surface area contributed by atoms with Crippen molar-refractivity contribution in [3.63, 3.8) is 0 Å². The highest BCUT2D eigenvalue weighted by Crippen LogP contribution is 2.19. The molecule has 0 bridgehead atoms. The van der Waals surface area contributed by atoms with Crippen LogP contribution in [0, 0.1) is 11.3 Å². The molecule has 2 N–H and O–H groups in total. The van der Waals surface area contributed by atoms with Gasteiger partial charge in [0.05, 0.1) is 24.7 Å². The number of carbonyl (C=O) groups excluding carboxylic acids is 1. The van der Waals surface area contributed by atoms with Gasteiger partial charge in [-0.3, -0.25) is 4.79 Å². The van der Waals surface area contributed by atoms with E-state index < -0.39 is 6.04 Å². The number of hydrogen-bond donors (Lipinski definition) is 2. The van der Waals surface area contributed by atoms with Gasteiger partial charge in [-0.15, -0.1) is 11.8 Å². The minimum Gasteiger partial charge on any atom is -0.467 e. The summed E-state index contributed by atoms with van der Waals surface area (Å²) in [5.74, 6) is 0.530. The molecule has 1 atom stereocenters. The maximum absolute atomic E-state index is 12.2. The second-order valence-corrected chi connectivity index (χ2v) is 5.25. The summed E-state index contributed by atoms with van der Waals surface area (Å²) < 4.78 is 5.19. The predicted octanol–water partition coefficient (Wildman–Crippen LogP) is 2.36. The lowest BCUT2D eigenvalue weighted by Crippen LogP contribution is -2.30. The summed E-state index contributed by atoms with van der Waals surface area (Å²) in [5, 5.41) is 20.6. The molecule has 0 aliphatic rings. The van der Waals surface area contributed by atoms with E-state index in [0.717, 1.165) is 4.90 Å². The number of hydrogen-bond acceptors (Lipinski definition) is 5. The second-order valence-electron chi connectivity index (χ2n) is 4.20. The zero-order valence-corrected chi connectivity index (χ0v) is 12.0. The summed E-state index contributed by atoms with van der Waals surface area (Å²) in [6.45, 7) is -0.248. The molecule has 1 amide bonds. The molecule has 1 unspecified atom stereocenters. The summed E-state index contributed by atoms with van der Waals surface area (Å²) in [6, 6.07) is 11.9. The fourth-order valence-electron chi connectivity index (χ4n) is 1.78. The summed E-state index contributed by atoms with van der Waals surface area (Å²) in [7, 11) is 0. The zero-order chi connectivity index (χ0) is 15.1. The maximum atomic E-state index is 12.2. The number of nitrogens with zero attached hydrogens (tertiary/aromatic N) is 1. The van der Waals surface area contributed by atoms with Gasteiger partial charge in [0.25, 0.3) is 5.91 Å². The summed E-state index contributed by atoms with van der Waals surface area (Å²) in [5.41, 5.74) is 0.475. The fourth-order valence-corrected chi connectivity index (χ4v) is 2.40. The highest BCUT2D eigenvalue weighted by atomic mass is 32.2. The number of nitriles is 1. The average Bonchev–Trinajstić information content (AvgIpc) is 3.04. The van der Waals surface area contributed by atoms with Crippen molar-refractivity contribution < 1.29 is 14.3 Å². The van der Waals surface area contributed by atoms with Crippen LogP contribution in [0.3, 0.4) is 0 Å². The van der Waals surface area contributed by atoms with Crippen LogP contribution in [0.1, 0.15) is 22.2 Å². The molecule has 1 aromatic carbocycles. The molecule has 0 saturated heterocycles. The molecule has 21 heavy (non-hydrogen) atoms. The number of rotatable bonds is 6. The van der Waals surface area contributed by atoms with E-state index in [4.69, 9.17) is 9.68 Å². The Morgan fingerprint density at radius 1 is 1.43 bits per heavy atom. The third-order valence-corrected chi connectivity index (χ3v) is 3.63. The number of aliphatic hydroxyl groups excluding tert-OH is 1. The first-order valence-corrected chi connectivity index (χ1v) is 7.28. The molecular weight excluding hydrogens is 288 g/mol. The van der Waals surface area contributed by atoms with E-state index >= 15 is 0 Å². The van der Waals surface area contributed by atoms with Gasteiger partial charge in [-0.25, -0.2) is 0 Å². The molecule has 2 rings (SSSR count). The molecule has 0 saturated carbocycles. The zero-order valence-electron chi connectivity index (χ0n) is 11.2. The van der Waals surface area contributed by atoms with Crippen LogP contribution >= 0.6 is 11.8 Å². The number of thioether (sulfide) groups is 1. The van der Waals surface area contributed by atoms with E-state index in [1.54, 1.807) is 30.3 Å². The highest BCUT2D eigenvalue weighted by Gasteiger charge is 2.17. The molecule has 0 fully saturated rings. The highest BCUT2D eigenvalue weighted by molar-refractivity contribution is 7.99. The Hall–Kier alpha value is -2.23. The largest absolute Gasteiger partial charge is 0.467 e. The number of nitrogens with one attached hydrogen (secondary N) is 1. The van der Waals surface area contributed by atoms with Crippen molar-refractivity contribution in [2.45, 2.75) is 10.9 Å². The van der Waals surface area contributed by atoms with Gasteiger partial charge in [0.2, 0.25) is 0 Å². The normalized spacial score (nSPS) is 11.6. The quantitative estimate of drug-likeness (QED) is 0.800. The molecule has 5 nitrogen and oxygen atoms in total. The summed E-state index contributed by atoms with van der Waals surface area (Å²) in [6.07, 6.45) is 1.49. The second kappa shape index (κ2) is 7.53. The van der Waals surface area contributed by atoms with E-state index in [-0.39, 0.29) is 12.5 Å². The molecule has 108 valence electrons. The Kier molecular flexibility index (Phi) is 5.43. The number of furan rings is 1. The van der Waals surface area contributed by atoms with E-state index in [1.807, 2.05) is 12.1 Å². The molecule has 0 aliphatic carbocycles. The average molecular weight is 302 g/mol. The standard InChI is InChI=1S/C15H14N2O3S/c16-6-8-21-12-4-1-3-11(9-12)15(19)17-13(10-18)14-5-2-7-20-14/h1-5,7,9,13,18H,8,10H2,(H,17,19). The van der Waals surface area contributed by atoms with Crippen LogP contribution in [0.25, 0.3) is 0 Å². The van der Waals surface area contributed by atoms with Crippen LogP contribution in [-0.4, -0.2) is 23.4 Å². The molecule has 0 radical (unpaired) electrons. The molecule has 0 aliphatic heterocycles. The first-order chi connectivity index (χ1) is 10.2. The molecule has 2 aromatic rings. The van der Waals surface area contributed by atoms with Crippen LogP contribution in [0.2, 0.25) is 0 Å². The molecular formula is C15H14N2O3S. The fraction of sp³-hybridized carbons (Fsp3) is 0.200. The van der Waals surface area contributed by atoms with Gasteiger partial charge in [0.15, 0.2) is 0 Å². The molecule has 0 spiro atoms. The number of amides is 1. The van der Waals surface area contributed by atoms with Crippen LogP contribution in [0.5, 0.6) is 0 Å². The van der Waals surface area contributed by atoms with E-state index in [2.05, 4.69) is 5.32 Å². The van der Waals surface area contributed by atoms with Gasteiger partial charge in [-0.2, -0.15) is 5.26 Å². The Balaban J connectivity index is 2.07. The van der Waals surface area contributed by atoms with Gasteiger partial charge < -0.3 is 14.8 Å². The van der Waals surface area contributed by atoms with Crippen molar-refractivity contribution in [1.29, 1.82) is 5.26 Å². The van der Waals surface area contributed by atoms with Gasteiger partial charge in [-0.05, 0) is 30.3 Å². The van der Waals surface area contributed by atoms with E-state index in [1.165, 1.54) is 18.0 Å². The van der Waals surface area contributed by atoms with E-state index in [0.29, 0.717) is 17.1 Å². The van der Waals surface area contributed by atoms with Crippen LogP contribution in [0.15, 0.2) is 52.0 Å². The van der Waals surface area contributed by atoms with Gasteiger partial charge >= 0.3 is 0 Å². The van der Waals surface area contributed by atoms with Crippen molar-refractivity contribution in [1.82, 2.24) is 5.32 Å². The van der Waals surface area contributed by atoms with Crippen molar-refractivity contribution in [2.24, 2.45) is 0 Å². The van der Waals surface area contributed by atoms with Crippen molar-refractivity contribution in [3.8, 4) is 6.07 Å². The summed E-state index contributed by atoms with van der Waals surface area (Å²) >= 11 is 1.37. The van der Waals surface area contributed by atoms with Crippen LogP contribution in [0.4, 0.5) is 0 Å². The van der Waals surface area contributed by atoms with Crippen LogP contribution in [-0.2, 0) is 0 Å². The van der Waals surface area contributed by atoms with E-state index in [9.17, 15) is 9.90 Å². The third kappa shape index (κ3) is 4.12. The number of benzene rings is 1. The SMILES string of the molecule is N#CCSc1cccc(C(=O)NC(CO)c2ccco2)c1. The molecule has 1 aromatic heterocycles. The summed E-state index contributed by atoms with van der Waals surface area (Å²) in [4.78, 5) is 13.0. The third-order valence-electron chi connectivity index (χ3n) is 2.77. The Morgan fingerprint density at radius 3 is 2.95 bits per heavy atom. The maximum Gasteiger partial charge on any atom is 0.251 e. The first kappa shape index (κ1) is 15.2. The van der Waals surface area contributed by atoms with Gasteiger partial charge in [0, 0.05) is 10.5 Å². The van der Waals surface area contributed by atoms with Gasteiger partial charge in [-0.1, -0.05) is 6.07 Å². The Bertz CT molecular complexity index is 635. The van der Waals surface area contributed by atoms with Gasteiger partial charge in [0.1, 0.15) is 11.8 Å². The predicted molar refractivity (Wildman–Crippen MR) is 78.8 cm³/mol. The van der Waals surface area contributed by atoms with Crippen molar-refractivity contribution in [3.05, 3.63) is 54.0 Å². The smallest absolute Gasteiger partial charge is 0.251 e. The topological polar surface area (TPSA) is 86.3 Å². The van der Waals surface area contributed by atoms with Crippen molar-refractivity contribution >= 4 is 17.7 Å². The van der Waals surface area contributed by atoms with Crippen molar-refractivity contribution in [2.75, 3.05) is 12.4 Å². The lowest BCUT2D eigenvalue weighted by molar-refractivity contribution is 0.0907. The first-order valence-electron chi connectivity index (χ1n) is 6.29. The molecule has 1 heterocycles. The number of carbonyl (C=O) groups is 1. The lowest BCUT2D eigenvalue weighted by atomic mass is 10.2. The number of aliphatic hydroxyl groups is 1. The monoisotopic (exact) mass is 302 g/mol.